The van der Waals surface area contributed by atoms with Crippen LogP contribution < -0.4 is 26.5 Å². The van der Waals surface area contributed by atoms with Crippen LogP contribution in [0.3, 0.4) is 0 Å². The van der Waals surface area contributed by atoms with E-state index in [1.165, 1.54) is 20.7 Å². The molecular weight excluding hydrogens is 797 g/mol. The van der Waals surface area contributed by atoms with Crippen LogP contribution >= 0.6 is 11.3 Å². The van der Waals surface area contributed by atoms with Gasteiger partial charge in [0.1, 0.15) is 27.8 Å². The maximum atomic E-state index is 13.5. The Labute approximate surface area is 361 Å². The Morgan fingerprint density at radius 3 is 2.16 bits per heavy atom. The van der Waals surface area contributed by atoms with Crippen molar-refractivity contribution in [3.8, 4) is 50.1 Å². The average molecular weight is 839 g/mol. The molecule has 0 amide bonds. The number of nitrogens with one attached hydrogen (secondary N) is 2. The van der Waals surface area contributed by atoms with Crippen LogP contribution in [0.4, 0.5) is 22.7 Å². The van der Waals surface area contributed by atoms with Gasteiger partial charge < -0.3 is 15.4 Å². The van der Waals surface area contributed by atoms with Crippen LogP contribution in [0, 0.1) is 6.92 Å². The molecule has 6 heterocycles. The van der Waals surface area contributed by atoms with E-state index in [0.717, 1.165) is 49.6 Å². The van der Waals surface area contributed by atoms with Crippen molar-refractivity contribution in [2.75, 3.05) is 17.7 Å². The number of pyridine rings is 3. The number of rotatable bonds is 11. The number of methoxy groups -OCH3 is 1. The lowest BCUT2D eigenvalue weighted by atomic mass is 10.0. The number of thiazole rings is 1. The molecule has 0 saturated heterocycles. The summed E-state index contributed by atoms with van der Waals surface area (Å²) in [6.07, 6.45) is 8.68. The van der Waals surface area contributed by atoms with Crippen LogP contribution in [-0.2, 0) is 13.1 Å². The first kappa shape index (κ1) is 40.9. The molecule has 62 heavy (non-hydrogen) atoms. The molecule has 13 nitrogen and oxygen atoms in total. The normalized spacial score (nSPS) is 10.8. The molecule has 0 aliphatic rings. The third kappa shape index (κ3) is 8.86. The lowest BCUT2D eigenvalue weighted by molar-refractivity contribution is 0.415. The van der Waals surface area contributed by atoms with Gasteiger partial charge in [0, 0.05) is 70.2 Å². The minimum absolute atomic E-state index is 0.172. The highest BCUT2D eigenvalue weighted by molar-refractivity contribution is 7.13. The maximum absolute atomic E-state index is 13.5. The monoisotopic (exact) mass is 838 g/mol. The molecule has 9 rings (SSSR count). The molecule has 2 N–H and O–H groups in total. The average Bonchev–Trinajstić information content (AvgIpc) is 3.81. The highest BCUT2D eigenvalue weighted by atomic mass is 32.1. The largest absolute Gasteiger partial charge is 0.497 e. The molecule has 0 radical (unpaired) electrons. The third-order valence-corrected chi connectivity index (χ3v) is 10.8. The third-order valence-electron chi connectivity index (χ3n) is 9.95. The number of hydrogen-bond donors (Lipinski definition) is 2. The molecule has 0 aliphatic heterocycles. The Morgan fingerprint density at radius 1 is 0.677 bits per heavy atom. The summed E-state index contributed by atoms with van der Waals surface area (Å²) >= 11 is 1.52. The molecule has 3 aromatic carbocycles. The second-order valence-corrected chi connectivity index (χ2v) is 14.9. The highest BCUT2D eigenvalue weighted by Gasteiger charge is 2.23. The SMILES string of the molecule is CCn1nc(-c2ccc(C)nc2)cc(Nc2cncc3ccccc23)c1=O.CCn1nc(-c2ccccc2)c(-c2csc(-c3ccc(OC)cc3)n2)c(Nc2cccnc2)c1=O. The van der Waals surface area contributed by atoms with Crippen molar-refractivity contribution in [3.05, 3.63) is 172 Å². The van der Waals surface area contributed by atoms with Gasteiger partial charge >= 0.3 is 0 Å². The van der Waals surface area contributed by atoms with Gasteiger partial charge in [-0.05, 0) is 75.4 Å². The number of ether oxygens (including phenoxy) is 1. The van der Waals surface area contributed by atoms with Gasteiger partial charge in [0.15, 0.2) is 0 Å². The number of fused-ring (bicyclic) bond motifs is 1. The first-order chi connectivity index (χ1) is 30.3. The van der Waals surface area contributed by atoms with Crippen LogP contribution in [0.15, 0.2) is 155 Å². The quantitative estimate of drug-likeness (QED) is 0.128. The van der Waals surface area contributed by atoms with E-state index < -0.39 is 0 Å². The molecule has 0 saturated carbocycles. The van der Waals surface area contributed by atoms with E-state index in [9.17, 15) is 9.59 Å². The van der Waals surface area contributed by atoms with Crippen molar-refractivity contribution in [3.63, 3.8) is 0 Å². The van der Waals surface area contributed by atoms with Gasteiger partial charge in [-0.1, -0.05) is 54.6 Å². The van der Waals surface area contributed by atoms with E-state index in [4.69, 9.17) is 14.8 Å². The molecule has 0 atom stereocenters. The standard InChI is InChI=1S/C27H23N5O2S.C21H19N5O/c1-3-32-27(33)25(29-20-10-7-15-28-16-20)23(24(31-32)18-8-5-4-6-9-18)22-17-35-26(30-22)19-11-13-21(34-2)14-12-19;1-3-26-21(27)19(10-18(25-26)16-9-8-14(2)23-12-16)24-20-13-22-11-15-6-4-5-7-17(15)20/h4-17,29H,3H2,1-2H3;4-13,24H,3H2,1-2H3. The molecule has 9 aromatic rings. The van der Waals surface area contributed by atoms with Crippen molar-refractivity contribution in [2.45, 2.75) is 33.9 Å². The lowest BCUT2D eigenvalue weighted by Crippen LogP contribution is -2.26. The number of hydrogen-bond acceptors (Lipinski definition) is 12. The molecule has 0 unspecified atom stereocenters. The Bertz CT molecular complexity index is 3080. The Morgan fingerprint density at radius 2 is 1.44 bits per heavy atom. The van der Waals surface area contributed by atoms with Crippen molar-refractivity contribution >= 4 is 44.9 Å². The number of nitrogens with zero attached hydrogens (tertiary/aromatic N) is 8. The second kappa shape index (κ2) is 18.6. The van der Waals surface area contributed by atoms with Crippen LogP contribution in [0.5, 0.6) is 5.75 Å². The zero-order valence-corrected chi connectivity index (χ0v) is 35.3. The first-order valence-corrected chi connectivity index (χ1v) is 20.8. The molecule has 0 spiro atoms. The topological polar surface area (TPSA) is 155 Å². The zero-order valence-electron chi connectivity index (χ0n) is 34.5. The van der Waals surface area contributed by atoms with E-state index in [-0.39, 0.29) is 11.1 Å². The van der Waals surface area contributed by atoms with E-state index in [2.05, 4.69) is 30.7 Å². The van der Waals surface area contributed by atoms with Crippen molar-refractivity contribution in [2.24, 2.45) is 0 Å². The smallest absolute Gasteiger partial charge is 0.291 e. The van der Waals surface area contributed by atoms with Gasteiger partial charge in [0.2, 0.25) is 0 Å². The molecule has 308 valence electrons. The predicted octanol–water partition coefficient (Wildman–Crippen LogP) is 9.79. The summed E-state index contributed by atoms with van der Waals surface area (Å²) in [5.41, 5.74) is 8.37. The van der Waals surface area contributed by atoms with E-state index >= 15 is 0 Å². The summed E-state index contributed by atoms with van der Waals surface area (Å²) in [4.78, 5) is 44.0. The Hall–Kier alpha value is -7.84. The molecular formula is C48H42N10O3S. The molecule has 0 fully saturated rings. The molecule has 0 bridgehead atoms. The van der Waals surface area contributed by atoms with Crippen LogP contribution in [0.2, 0.25) is 0 Å². The summed E-state index contributed by atoms with van der Waals surface area (Å²) in [5.74, 6) is 0.784. The molecule has 6 aromatic heterocycles. The minimum Gasteiger partial charge on any atom is -0.497 e. The number of aromatic nitrogens is 8. The van der Waals surface area contributed by atoms with Crippen LogP contribution in [-0.4, -0.2) is 46.6 Å². The fraction of sp³-hybridized carbons (Fsp3) is 0.125. The zero-order chi connectivity index (χ0) is 43.0. The van der Waals surface area contributed by atoms with Gasteiger partial charge in [-0.3, -0.25) is 24.5 Å². The van der Waals surface area contributed by atoms with Gasteiger partial charge in [-0.15, -0.1) is 11.3 Å². The maximum Gasteiger partial charge on any atom is 0.291 e. The van der Waals surface area contributed by atoms with Crippen molar-refractivity contribution in [1.82, 2.24) is 39.5 Å². The van der Waals surface area contributed by atoms with E-state index in [1.807, 2.05) is 129 Å². The van der Waals surface area contributed by atoms with Crippen LogP contribution in [0.1, 0.15) is 19.5 Å². The second-order valence-electron chi connectivity index (χ2n) is 14.0. The van der Waals surface area contributed by atoms with E-state index in [1.54, 1.807) is 44.2 Å². The van der Waals surface area contributed by atoms with Gasteiger partial charge in [-0.25, -0.2) is 14.3 Å². The minimum atomic E-state index is -0.218. The number of anilines is 4. The molecule has 0 aliphatic carbocycles. The predicted molar refractivity (Wildman–Crippen MR) is 247 cm³/mol. The first-order valence-electron chi connectivity index (χ1n) is 20.0. The summed E-state index contributed by atoms with van der Waals surface area (Å²) < 4.78 is 8.20. The van der Waals surface area contributed by atoms with Crippen LogP contribution in [0.25, 0.3) is 55.1 Å². The summed E-state index contributed by atoms with van der Waals surface area (Å²) in [6.45, 7) is 6.66. The lowest BCUT2D eigenvalue weighted by Gasteiger charge is -2.16. The summed E-state index contributed by atoms with van der Waals surface area (Å²) in [6, 6.07) is 34.9. The van der Waals surface area contributed by atoms with Crippen molar-refractivity contribution in [1.29, 1.82) is 0 Å². The van der Waals surface area contributed by atoms with Crippen molar-refractivity contribution < 1.29 is 4.74 Å². The summed E-state index contributed by atoms with van der Waals surface area (Å²) in [5, 5.41) is 20.6. The summed E-state index contributed by atoms with van der Waals surface area (Å²) in [7, 11) is 1.64. The van der Waals surface area contributed by atoms with Gasteiger partial charge in [0.05, 0.1) is 47.8 Å². The Kier molecular flexibility index (Phi) is 12.3. The van der Waals surface area contributed by atoms with E-state index in [0.29, 0.717) is 52.8 Å². The van der Waals surface area contributed by atoms with Gasteiger partial charge in [0.25, 0.3) is 11.1 Å². The Balaban J connectivity index is 0.000000176. The molecule has 14 heteroatoms. The highest BCUT2D eigenvalue weighted by Crippen LogP contribution is 2.38. The fourth-order valence-electron chi connectivity index (χ4n) is 6.75. The number of aryl methyl sites for hydroxylation is 3. The van der Waals surface area contributed by atoms with Gasteiger partial charge in [-0.2, -0.15) is 10.2 Å². The fourth-order valence-corrected chi connectivity index (χ4v) is 7.57. The number of benzene rings is 3.